The lowest BCUT2D eigenvalue weighted by molar-refractivity contribution is 0.101. The number of hydrogen-bond donors (Lipinski definition) is 0. The van der Waals surface area contributed by atoms with Crippen LogP contribution in [0.1, 0.15) is 65.3 Å². The first kappa shape index (κ1) is 38.1. The zero-order valence-electron chi connectivity index (χ0n) is 26.2. The Labute approximate surface area is 318 Å². The summed E-state index contributed by atoms with van der Waals surface area (Å²) in [5.74, 6) is 0.197. The largest absolute Gasteiger partial charge is 0.295 e. The van der Waals surface area contributed by atoms with Crippen molar-refractivity contribution in [3.8, 4) is 22.3 Å². The van der Waals surface area contributed by atoms with Crippen LogP contribution in [0.15, 0.2) is 72.8 Å². The van der Waals surface area contributed by atoms with Crippen molar-refractivity contribution in [3.63, 3.8) is 0 Å². The summed E-state index contributed by atoms with van der Waals surface area (Å²) in [7, 11) is 0. The smallest absolute Gasteiger partial charge is 0.174 e. The third-order valence-corrected chi connectivity index (χ3v) is 10.4. The minimum atomic E-state index is 0.0483. The quantitative estimate of drug-likeness (QED) is 0.111. The topological polar surface area (TPSA) is 94.1 Å². The van der Waals surface area contributed by atoms with E-state index in [1.165, 1.54) is 22.7 Å². The van der Waals surface area contributed by atoms with E-state index in [4.69, 9.17) is 0 Å². The van der Waals surface area contributed by atoms with Crippen molar-refractivity contribution in [3.05, 3.63) is 105 Å². The van der Waals surface area contributed by atoms with Crippen molar-refractivity contribution in [2.75, 3.05) is 10.7 Å². The minimum Gasteiger partial charge on any atom is -0.295 e. The van der Waals surface area contributed by atoms with Crippen LogP contribution in [0.4, 0.5) is 0 Å². The number of nitrogens with zero attached hydrogens (tertiary/aromatic N) is 2. The number of fused-ring (bicyclic) bond motifs is 2. The number of aryl methyl sites for hydroxylation is 2. The van der Waals surface area contributed by atoms with Gasteiger partial charge in [-0.2, -0.15) is 0 Å². The number of benzene rings is 4. The Bertz CT molecular complexity index is 2140. The summed E-state index contributed by atoms with van der Waals surface area (Å²) >= 11 is 15.0. The molecule has 6 rings (SSSR count). The lowest BCUT2D eigenvalue weighted by Crippen LogP contribution is -2.01. The van der Waals surface area contributed by atoms with E-state index in [2.05, 4.69) is 70.1 Å². The fourth-order valence-corrected chi connectivity index (χ4v) is 7.67. The zero-order valence-corrected chi connectivity index (χ0v) is 34.2. The Morgan fingerprint density at radius 3 is 1.40 bits per heavy atom. The highest BCUT2D eigenvalue weighted by Gasteiger charge is 2.17. The van der Waals surface area contributed by atoms with E-state index in [1.807, 2.05) is 86.6 Å². The van der Waals surface area contributed by atoms with Crippen LogP contribution in [0, 0.1) is 13.8 Å². The molecule has 6 nitrogen and oxygen atoms in total. The van der Waals surface area contributed by atoms with Crippen molar-refractivity contribution in [1.82, 2.24) is 9.97 Å². The second-order valence-electron chi connectivity index (χ2n) is 10.5. The molecule has 0 saturated carbocycles. The molecule has 0 bridgehead atoms. The minimum absolute atomic E-state index is 0.0483. The molecule has 0 spiro atoms. The fraction of sp³-hybridized carbons (Fsp3) is 0.167. The van der Waals surface area contributed by atoms with Gasteiger partial charge < -0.3 is 0 Å². The van der Waals surface area contributed by atoms with Crippen LogP contribution in [-0.4, -0.2) is 43.8 Å². The molecular formula is C36H28Br4N2O4S2. The van der Waals surface area contributed by atoms with Gasteiger partial charge in [0, 0.05) is 61.6 Å². The fourth-order valence-electron chi connectivity index (χ4n) is 5.06. The van der Waals surface area contributed by atoms with Gasteiger partial charge in [0.05, 0.1) is 41.1 Å². The third kappa shape index (κ3) is 8.51. The number of aromatic nitrogens is 2. The number of carbonyl (C=O) groups is 4. The number of thiazole rings is 2. The molecule has 246 valence electrons. The molecule has 0 aliphatic rings. The molecule has 2 heterocycles. The lowest BCUT2D eigenvalue weighted by atomic mass is 9.99. The van der Waals surface area contributed by atoms with E-state index < -0.39 is 0 Å². The monoisotopic (exact) mass is 932 g/mol. The highest BCUT2D eigenvalue weighted by Crippen LogP contribution is 2.36. The maximum absolute atomic E-state index is 12.1. The summed E-state index contributed by atoms with van der Waals surface area (Å²) in [4.78, 5) is 56.2. The highest BCUT2D eigenvalue weighted by molar-refractivity contribution is 9.93. The van der Waals surface area contributed by atoms with Gasteiger partial charge in [0.15, 0.2) is 23.1 Å². The Hall–Kier alpha value is -2.74. The average Bonchev–Trinajstić information content (AvgIpc) is 3.69. The summed E-state index contributed by atoms with van der Waals surface area (Å²) in [6.07, 6.45) is 0. The van der Waals surface area contributed by atoms with E-state index in [0.717, 1.165) is 52.7 Å². The van der Waals surface area contributed by atoms with Crippen LogP contribution < -0.4 is 0 Å². The second kappa shape index (κ2) is 17.3. The van der Waals surface area contributed by atoms with Gasteiger partial charge in [0.25, 0.3) is 0 Å². The summed E-state index contributed by atoms with van der Waals surface area (Å²) in [6.45, 7) is 7.01. The number of rotatable bonds is 8. The normalized spacial score (nSPS) is 10.6. The second-order valence-corrected chi connectivity index (χ2v) is 14.1. The first-order valence-corrected chi connectivity index (χ1v) is 22.0. The van der Waals surface area contributed by atoms with Gasteiger partial charge in [-0.05, 0) is 51.0 Å². The van der Waals surface area contributed by atoms with Gasteiger partial charge in [-0.15, -0.1) is 22.7 Å². The van der Waals surface area contributed by atoms with E-state index >= 15 is 0 Å². The first-order valence-electron chi connectivity index (χ1n) is 14.4. The Morgan fingerprint density at radius 2 is 0.979 bits per heavy atom. The summed E-state index contributed by atoms with van der Waals surface area (Å²) in [5, 5.41) is 2.46. The number of ketones is 4. The molecule has 12 heteroatoms. The molecule has 4 aromatic carbocycles. The van der Waals surface area contributed by atoms with Crippen LogP contribution in [0.3, 0.4) is 0 Å². The zero-order chi connectivity index (χ0) is 35.1. The van der Waals surface area contributed by atoms with Crippen molar-refractivity contribution in [2.45, 2.75) is 27.7 Å². The molecule has 0 aliphatic carbocycles. The third-order valence-electron chi connectivity index (χ3n) is 7.34. The summed E-state index contributed by atoms with van der Waals surface area (Å²) in [6, 6.07) is 22.6. The van der Waals surface area contributed by atoms with Crippen molar-refractivity contribution >= 4 is 126 Å². The molecule has 0 N–H and O–H groups in total. The molecule has 0 aliphatic heterocycles. The maximum atomic E-state index is 12.1. The van der Waals surface area contributed by atoms with Gasteiger partial charge in [-0.1, -0.05) is 92.5 Å². The van der Waals surface area contributed by atoms with Gasteiger partial charge in [-0.3, -0.25) is 19.2 Å². The molecule has 0 fully saturated rings. The van der Waals surface area contributed by atoms with Gasteiger partial charge >= 0.3 is 0 Å². The summed E-state index contributed by atoms with van der Waals surface area (Å²) < 4.78 is 1.84. The molecular weight excluding hydrogens is 908 g/mol. The van der Waals surface area contributed by atoms with Gasteiger partial charge in [0.2, 0.25) is 0 Å². The van der Waals surface area contributed by atoms with Crippen LogP contribution in [0.2, 0.25) is 0 Å². The van der Waals surface area contributed by atoms with Crippen molar-refractivity contribution in [2.24, 2.45) is 0 Å². The molecule has 0 amide bonds. The molecule has 2 aromatic heterocycles. The van der Waals surface area contributed by atoms with E-state index in [-0.39, 0.29) is 23.1 Å². The predicted octanol–water partition coefficient (Wildman–Crippen LogP) is 11.8. The first-order chi connectivity index (χ1) is 23.0. The number of halogens is 4. The SMILES string of the molecule is BrBr.CC(=O)c1ccc(-c2ccc(C(C)=O)c3sc(C)nc23)cc1.Cc1nc2c(-c3ccc(C(=O)CBr)cc3)ccc(C(=O)CBr)c2s1. The van der Waals surface area contributed by atoms with Crippen LogP contribution >= 0.6 is 82.8 Å². The van der Waals surface area contributed by atoms with E-state index in [0.29, 0.717) is 32.9 Å². The molecule has 0 radical (unpaired) electrons. The maximum Gasteiger partial charge on any atom is 0.174 e. The molecule has 0 saturated heterocycles. The van der Waals surface area contributed by atoms with Crippen LogP contribution in [0.5, 0.6) is 0 Å². The summed E-state index contributed by atoms with van der Waals surface area (Å²) in [5.41, 5.74) is 8.39. The van der Waals surface area contributed by atoms with Crippen molar-refractivity contribution in [1.29, 1.82) is 0 Å². The molecule has 0 atom stereocenters. The number of Topliss-reactive ketones (excluding diaryl/α,β-unsaturated/α-hetero) is 4. The Balaban J connectivity index is 0.000000207. The standard InChI is InChI=1S/C18H13Br2NO2S.C18H15NO2S.Br2/c1-10-21-17-13(6-7-14(16(23)9-20)18(17)24-10)11-2-4-12(5-3-11)15(22)8-19;1-10(20)13-4-6-14(7-5-13)16-9-8-15(11(2)21)18-17(16)19-12(3)22-18;1-2/h2-7H,8-9H2,1H3;4-9H,1-3H3;. The predicted molar refractivity (Wildman–Crippen MR) is 214 cm³/mol. The number of alkyl halides is 2. The van der Waals surface area contributed by atoms with Gasteiger partial charge in [-0.25, -0.2) is 9.97 Å². The van der Waals surface area contributed by atoms with E-state index in [1.54, 1.807) is 13.8 Å². The van der Waals surface area contributed by atoms with Crippen LogP contribution in [0.25, 0.3) is 42.7 Å². The Kier molecular flexibility index (Phi) is 13.7. The van der Waals surface area contributed by atoms with Crippen molar-refractivity contribution < 1.29 is 19.2 Å². The molecule has 6 aromatic rings. The number of hydrogen-bond acceptors (Lipinski definition) is 8. The lowest BCUT2D eigenvalue weighted by Gasteiger charge is -2.07. The Morgan fingerprint density at radius 1 is 0.562 bits per heavy atom. The van der Waals surface area contributed by atoms with Gasteiger partial charge in [0.1, 0.15) is 0 Å². The van der Waals surface area contributed by atoms with Crippen LogP contribution in [-0.2, 0) is 0 Å². The highest BCUT2D eigenvalue weighted by atomic mass is 80.9. The molecule has 48 heavy (non-hydrogen) atoms. The number of carbonyl (C=O) groups excluding carboxylic acids is 4. The molecule has 0 unspecified atom stereocenters. The van der Waals surface area contributed by atoms with E-state index in [9.17, 15) is 19.2 Å². The average molecular weight is 936 g/mol.